The first kappa shape index (κ1) is 29.4. The van der Waals surface area contributed by atoms with Crippen molar-refractivity contribution in [3.8, 4) is 16.9 Å². The summed E-state index contributed by atoms with van der Waals surface area (Å²) in [5, 5.41) is 11.0. The molecule has 0 aliphatic carbocycles. The van der Waals surface area contributed by atoms with Gasteiger partial charge in [0.2, 0.25) is 5.91 Å². The predicted molar refractivity (Wildman–Crippen MR) is 161 cm³/mol. The van der Waals surface area contributed by atoms with Crippen LogP contribution in [0.15, 0.2) is 66.7 Å². The number of anilines is 2. The first-order chi connectivity index (χ1) is 19.6. The number of carbonyl (C=O) groups excluding carboxylic acids is 3. The second-order valence-corrected chi connectivity index (χ2v) is 10.8. The minimum Gasteiger partial charge on any atom is -0.497 e. The standard InChI is InChI=1S/C31H38N6O4/c1-31(2,32)19-34-30(40)36-26-15-13-22-17-23(41-4)14-16-27(22)37(28(26)38)18-20-9-11-21(12-10-20)24-7-5-6-8-25(24)35-29(39)33-3/h5-12,14,16-17,26H,13,15,18-19,32H2,1-4H3,(H2,33,35,39)(H2,34,36,40)/t26-/m1/s1. The lowest BCUT2D eigenvalue weighted by atomic mass is 10.0. The van der Waals surface area contributed by atoms with Crippen LogP contribution in [0.4, 0.5) is 21.0 Å². The smallest absolute Gasteiger partial charge is 0.318 e. The Hall–Kier alpha value is -4.57. The largest absolute Gasteiger partial charge is 0.497 e. The van der Waals surface area contributed by atoms with E-state index in [0.29, 0.717) is 30.8 Å². The zero-order valence-corrected chi connectivity index (χ0v) is 23.9. The van der Waals surface area contributed by atoms with Crippen molar-refractivity contribution in [2.45, 2.75) is 44.8 Å². The highest BCUT2D eigenvalue weighted by Crippen LogP contribution is 2.33. The monoisotopic (exact) mass is 558 g/mol. The van der Waals surface area contributed by atoms with Gasteiger partial charge in [0, 0.05) is 30.4 Å². The van der Waals surface area contributed by atoms with Crippen molar-refractivity contribution in [2.75, 3.05) is 30.9 Å². The molecule has 10 heteroatoms. The number of carbonyl (C=O) groups is 3. The van der Waals surface area contributed by atoms with Gasteiger partial charge in [0.05, 0.1) is 19.3 Å². The molecule has 1 aliphatic heterocycles. The fourth-order valence-corrected chi connectivity index (χ4v) is 4.70. The molecule has 0 aromatic heterocycles. The van der Waals surface area contributed by atoms with Gasteiger partial charge in [0.1, 0.15) is 11.8 Å². The van der Waals surface area contributed by atoms with E-state index in [4.69, 9.17) is 10.5 Å². The molecule has 10 nitrogen and oxygen atoms in total. The molecule has 1 atom stereocenters. The first-order valence-electron chi connectivity index (χ1n) is 13.6. The van der Waals surface area contributed by atoms with Crippen LogP contribution in [-0.2, 0) is 17.8 Å². The topological polar surface area (TPSA) is 138 Å². The van der Waals surface area contributed by atoms with Crippen molar-refractivity contribution < 1.29 is 19.1 Å². The van der Waals surface area contributed by atoms with E-state index >= 15 is 0 Å². The van der Waals surface area contributed by atoms with E-state index in [0.717, 1.165) is 27.9 Å². The Balaban J connectivity index is 1.59. The maximum atomic E-state index is 13.8. The number of benzene rings is 3. The number of nitrogens with one attached hydrogen (secondary N) is 4. The third-order valence-electron chi connectivity index (χ3n) is 6.86. The van der Waals surface area contributed by atoms with E-state index in [2.05, 4.69) is 21.3 Å². The summed E-state index contributed by atoms with van der Waals surface area (Å²) < 4.78 is 5.43. The summed E-state index contributed by atoms with van der Waals surface area (Å²) in [5.74, 6) is 0.513. The molecule has 5 amide bonds. The fraction of sp³-hybridized carbons (Fsp3) is 0.323. The molecule has 1 heterocycles. The third-order valence-corrected chi connectivity index (χ3v) is 6.86. The summed E-state index contributed by atoms with van der Waals surface area (Å²) in [7, 11) is 3.18. The lowest BCUT2D eigenvalue weighted by Crippen LogP contribution is -2.53. The molecule has 4 rings (SSSR count). The van der Waals surface area contributed by atoms with Gasteiger partial charge in [-0.2, -0.15) is 0 Å². The van der Waals surface area contributed by atoms with Crippen LogP contribution < -0.4 is 36.6 Å². The zero-order chi connectivity index (χ0) is 29.6. The van der Waals surface area contributed by atoms with Crippen molar-refractivity contribution in [1.82, 2.24) is 16.0 Å². The van der Waals surface area contributed by atoms with E-state index in [-0.39, 0.29) is 18.5 Å². The number of hydrogen-bond donors (Lipinski definition) is 5. The predicted octanol–water partition coefficient (Wildman–Crippen LogP) is 4.00. The van der Waals surface area contributed by atoms with Crippen molar-refractivity contribution in [1.29, 1.82) is 0 Å². The molecule has 6 N–H and O–H groups in total. The summed E-state index contributed by atoms with van der Waals surface area (Å²) in [6.07, 6.45) is 1.04. The molecular formula is C31H38N6O4. The molecule has 0 fully saturated rings. The quantitative estimate of drug-likeness (QED) is 0.285. The number of fused-ring (bicyclic) bond motifs is 1. The normalized spacial score (nSPS) is 14.9. The Morgan fingerprint density at radius 3 is 2.46 bits per heavy atom. The van der Waals surface area contributed by atoms with Crippen LogP contribution >= 0.6 is 0 Å². The molecule has 3 aromatic rings. The van der Waals surface area contributed by atoms with E-state index in [1.807, 2.05) is 80.6 Å². The third kappa shape index (κ3) is 7.55. The van der Waals surface area contributed by atoms with Gasteiger partial charge in [0.25, 0.3) is 0 Å². The van der Waals surface area contributed by atoms with Gasteiger partial charge in [-0.05, 0) is 67.6 Å². The van der Waals surface area contributed by atoms with Crippen LogP contribution in [0.2, 0.25) is 0 Å². The maximum absolute atomic E-state index is 13.8. The lowest BCUT2D eigenvalue weighted by molar-refractivity contribution is -0.120. The lowest BCUT2D eigenvalue weighted by Gasteiger charge is -2.27. The molecule has 1 aliphatic rings. The molecule has 216 valence electrons. The zero-order valence-electron chi connectivity index (χ0n) is 23.9. The highest BCUT2D eigenvalue weighted by molar-refractivity contribution is 6.00. The van der Waals surface area contributed by atoms with Crippen molar-refractivity contribution in [2.24, 2.45) is 5.73 Å². The van der Waals surface area contributed by atoms with Crippen LogP contribution in [0, 0.1) is 0 Å². The summed E-state index contributed by atoms with van der Waals surface area (Å²) in [4.78, 5) is 40.1. The minimum absolute atomic E-state index is 0.194. The number of aryl methyl sites for hydroxylation is 1. The van der Waals surface area contributed by atoms with Crippen LogP contribution in [0.1, 0.15) is 31.4 Å². The SMILES string of the molecule is CNC(=O)Nc1ccccc1-c1ccc(CN2C(=O)[C@H](NC(=O)NCC(C)(C)N)CCc3cc(OC)ccc32)cc1. The molecule has 0 radical (unpaired) electrons. The maximum Gasteiger partial charge on any atom is 0.318 e. The Bertz CT molecular complexity index is 1400. The van der Waals surface area contributed by atoms with Gasteiger partial charge < -0.3 is 36.6 Å². The second kappa shape index (κ2) is 12.7. The van der Waals surface area contributed by atoms with E-state index in [9.17, 15) is 14.4 Å². The number of para-hydroxylation sites is 1. The van der Waals surface area contributed by atoms with E-state index in [1.54, 1.807) is 19.1 Å². The molecular weight excluding hydrogens is 520 g/mol. The van der Waals surface area contributed by atoms with Gasteiger partial charge in [-0.25, -0.2) is 9.59 Å². The fourth-order valence-electron chi connectivity index (χ4n) is 4.70. The summed E-state index contributed by atoms with van der Waals surface area (Å²) >= 11 is 0. The molecule has 3 aromatic carbocycles. The highest BCUT2D eigenvalue weighted by Gasteiger charge is 2.32. The molecule has 41 heavy (non-hydrogen) atoms. The number of ether oxygens (including phenoxy) is 1. The van der Waals surface area contributed by atoms with Crippen molar-refractivity contribution in [3.63, 3.8) is 0 Å². The number of methoxy groups -OCH3 is 1. The molecule has 0 spiro atoms. The first-order valence-corrected chi connectivity index (χ1v) is 13.6. The Kier molecular flexibility index (Phi) is 9.14. The van der Waals surface area contributed by atoms with Crippen LogP contribution in [-0.4, -0.2) is 50.3 Å². The summed E-state index contributed by atoms with van der Waals surface area (Å²) in [6.45, 7) is 4.22. The molecule has 0 bridgehead atoms. The average molecular weight is 559 g/mol. The van der Waals surface area contributed by atoms with E-state index < -0.39 is 17.6 Å². The van der Waals surface area contributed by atoms with Crippen LogP contribution in [0.5, 0.6) is 5.75 Å². The van der Waals surface area contributed by atoms with E-state index in [1.165, 1.54) is 0 Å². The number of nitrogens with two attached hydrogens (primary N) is 1. The van der Waals surface area contributed by atoms with Gasteiger partial charge in [-0.15, -0.1) is 0 Å². The summed E-state index contributed by atoms with van der Waals surface area (Å²) in [6, 6.07) is 19.6. The second-order valence-electron chi connectivity index (χ2n) is 10.8. The number of nitrogens with zero attached hydrogens (tertiary/aromatic N) is 1. The van der Waals surface area contributed by atoms with Crippen molar-refractivity contribution >= 4 is 29.3 Å². The number of hydrogen-bond acceptors (Lipinski definition) is 5. The average Bonchev–Trinajstić information content (AvgIpc) is 3.08. The molecule has 0 saturated carbocycles. The summed E-state index contributed by atoms with van der Waals surface area (Å²) in [5.41, 5.74) is 10.6. The van der Waals surface area contributed by atoms with Crippen LogP contribution in [0.3, 0.4) is 0 Å². The number of rotatable bonds is 8. The van der Waals surface area contributed by atoms with Gasteiger partial charge >= 0.3 is 12.1 Å². The minimum atomic E-state index is -0.712. The molecule has 0 saturated heterocycles. The number of urea groups is 2. The Morgan fingerprint density at radius 1 is 1.05 bits per heavy atom. The van der Waals surface area contributed by atoms with Gasteiger partial charge in [-0.1, -0.05) is 42.5 Å². The van der Waals surface area contributed by atoms with Gasteiger partial charge in [0.15, 0.2) is 0 Å². The number of amides is 5. The van der Waals surface area contributed by atoms with Crippen molar-refractivity contribution in [3.05, 3.63) is 77.9 Å². The van der Waals surface area contributed by atoms with Gasteiger partial charge in [-0.3, -0.25) is 4.79 Å². The molecule has 0 unspecified atom stereocenters. The van der Waals surface area contributed by atoms with Crippen LogP contribution in [0.25, 0.3) is 11.1 Å². The Labute approximate surface area is 240 Å². The Morgan fingerprint density at radius 2 is 1.78 bits per heavy atom. The highest BCUT2D eigenvalue weighted by atomic mass is 16.5.